The van der Waals surface area contributed by atoms with E-state index in [1.165, 1.54) is 30.9 Å². The van der Waals surface area contributed by atoms with E-state index >= 15 is 0 Å². The van der Waals surface area contributed by atoms with Crippen molar-refractivity contribution in [3.05, 3.63) is 65.7 Å². The van der Waals surface area contributed by atoms with E-state index in [4.69, 9.17) is 9.72 Å². The summed E-state index contributed by atoms with van der Waals surface area (Å²) in [5.74, 6) is 1.64. The number of aryl methyl sites for hydroxylation is 1. The summed E-state index contributed by atoms with van der Waals surface area (Å²) >= 11 is 0. The Morgan fingerprint density at radius 1 is 1.13 bits per heavy atom. The van der Waals surface area contributed by atoms with Gasteiger partial charge in [-0.2, -0.15) is 0 Å². The Labute approximate surface area is 183 Å². The number of hydrogen-bond acceptors (Lipinski definition) is 4. The van der Waals surface area contributed by atoms with Crippen molar-refractivity contribution in [2.75, 3.05) is 29.9 Å². The van der Waals surface area contributed by atoms with Gasteiger partial charge in [-0.3, -0.25) is 4.79 Å². The van der Waals surface area contributed by atoms with E-state index < -0.39 is 0 Å². The number of benzene rings is 2. The molecule has 0 atom stereocenters. The van der Waals surface area contributed by atoms with Gasteiger partial charge in [0, 0.05) is 35.8 Å². The molecule has 1 fully saturated rings. The molecule has 0 aliphatic carbocycles. The number of nitrogens with one attached hydrogen (secondary N) is 1. The number of amides is 1. The minimum absolute atomic E-state index is 0.179. The zero-order chi connectivity index (χ0) is 21.6. The van der Waals surface area contributed by atoms with Crippen molar-refractivity contribution in [2.24, 2.45) is 0 Å². The fourth-order valence-corrected chi connectivity index (χ4v) is 3.99. The second-order valence-corrected chi connectivity index (χ2v) is 7.87. The summed E-state index contributed by atoms with van der Waals surface area (Å²) in [7, 11) is 0. The van der Waals surface area contributed by atoms with Gasteiger partial charge >= 0.3 is 0 Å². The summed E-state index contributed by atoms with van der Waals surface area (Å²) in [5, 5.41) is 4.02. The van der Waals surface area contributed by atoms with Gasteiger partial charge in [0.1, 0.15) is 11.6 Å². The summed E-state index contributed by atoms with van der Waals surface area (Å²) < 4.78 is 5.61. The molecule has 5 nitrogen and oxygen atoms in total. The van der Waals surface area contributed by atoms with Crippen LogP contribution in [0, 0.1) is 6.92 Å². The average molecular weight is 416 g/mol. The quantitative estimate of drug-likeness (QED) is 0.534. The maximum atomic E-state index is 12.5. The molecule has 0 spiro atoms. The molecule has 3 aromatic rings. The van der Waals surface area contributed by atoms with Gasteiger partial charge < -0.3 is 15.0 Å². The minimum atomic E-state index is -0.179. The standard InChI is InChI=1S/C26H29N3O2/c1-3-31-24-10-6-5-9-20(24)11-14-26(30)27-21-12-13-23-22(18-21)19(2)17-25(28-23)29-15-7-4-8-16-29/h5-6,9-14,17-18H,3-4,7-8,15-16H2,1-2H3,(H,27,30). The Balaban J connectivity index is 1.49. The predicted molar refractivity (Wildman–Crippen MR) is 128 cm³/mol. The first-order valence-corrected chi connectivity index (χ1v) is 11.0. The molecule has 5 heteroatoms. The summed E-state index contributed by atoms with van der Waals surface area (Å²) in [6.07, 6.45) is 7.07. The molecule has 1 aliphatic rings. The number of carbonyl (C=O) groups is 1. The summed E-state index contributed by atoms with van der Waals surface area (Å²) in [4.78, 5) is 19.7. The monoisotopic (exact) mass is 415 g/mol. The number of rotatable bonds is 6. The molecule has 1 N–H and O–H groups in total. The van der Waals surface area contributed by atoms with Crippen LogP contribution in [-0.4, -0.2) is 30.6 Å². The molecule has 2 heterocycles. The van der Waals surface area contributed by atoms with Gasteiger partial charge in [-0.1, -0.05) is 18.2 Å². The maximum Gasteiger partial charge on any atom is 0.248 e. The molecular weight excluding hydrogens is 386 g/mol. The van der Waals surface area contributed by atoms with Gasteiger partial charge in [0.25, 0.3) is 0 Å². The largest absolute Gasteiger partial charge is 0.493 e. The first-order chi connectivity index (χ1) is 15.1. The summed E-state index contributed by atoms with van der Waals surface area (Å²) in [6.45, 7) is 6.78. The van der Waals surface area contributed by atoms with Crippen LogP contribution in [0.25, 0.3) is 17.0 Å². The van der Waals surface area contributed by atoms with Gasteiger partial charge in [-0.05, 0) is 75.1 Å². The zero-order valence-electron chi connectivity index (χ0n) is 18.2. The van der Waals surface area contributed by atoms with Gasteiger partial charge in [0.05, 0.1) is 12.1 Å². The molecular formula is C26H29N3O2. The Bertz CT molecular complexity index is 1100. The lowest BCUT2D eigenvalue weighted by molar-refractivity contribution is -0.111. The Morgan fingerprint density at radius 3 is 2.74 bits per heavy atom. The number of para-hydroxylation sites is 1. The molecule has 31 heavy (non-hydrogen) atoms. The number of aromatic nitrogens is 1. The van der Waals surface area contributed by atoms with Crippen LogP contribution in [0.3, 0.4) is 0 Å². The molecule has 160 valence electrons. The number of carbonyl (C=O) groups excluding carboxylic acids is 1. The van der Waals surface area contributed by atoms with E-state index in [0.717, 1.165) is 46.8 Å². The molecule has 1 saturated heterocycles. The number of fused-ring (bicyclic) bond motifs is 1. The van der Waals surface area contributed by atoms with Gasteiger partial charge in [0.15, 0.2) is 0 Å². The molecule has 2 aromatic carbocycles. The fourth-order valence-electron chi connectivity index (χ4n) is 3.99. The topological polar surface area (TPSA) is 54.5 Å². The number of piperidine rings is 1. The first-order valence-electron chi connectivity index (χ1n) is 11.0. The molecule has 1 aromatic heterocycles. The molecule has 1 amide bonds. The average Bonchev–Trinajstić information content (AvgIpc) is 2.79. The third kappa shape index (κ3) is 5.05. The normalized spacial score (nSPS) is 14.2. The van der Waals surface area contributed by atoms with E-state index in [-0.39, 0.29) is 5.91 Å². The van der Waals surface area contributed by atoms with Crippen LogP contribution in [0.1, 0.15) is 37.3 Å². The maximum absolute atomic E-state index is 12.5. The summed E-state index contributed by atoms with van der Waals surface area (Å²) in [6, 6.07) is 15.7. The molecule has 4 rings (SSSR count). The molecule has 0 saturated carbocycles. The third-order valence-electron chi connectivity index (χ3n) is 5.58. The number of hydrogen-bond donors (Lipinski definition) is 1. The van der Waals surface area contributed by atoms with Crippen LogP contribution in [0.2, 0.25) is 0 Å². The van der Waals surface area contributed by atoms with Crippen molar-refractivity contribution < 1.29 is 9.53 Å². The van der Waals surface area contributed by atoms with Crippen LogP contribution in [-0.2, 0) is 4.79 Å². The van der Waals surface area contributed by atoms with E-state index in [0.29, 0.717) is 6.61 Å². The van der Waals surface area contributed by atoms with Crippen LogP contribution < -0.4 is 15.0 Å². The number of ether oxygens (including phenoxy) is 1. The van der Waals surface area contributed by atoms with E-state index in [1.54, 1.807) is 6.08 Å². The zero-order valence-corrected chi connectivity index (χ0v) is 18.2. The molecule has 1 aliphatic heterocycles. The van der Waals surface area contributed by atoms with Crippen LogP contribution >= 0.6 is 0 Å². The minimum Gasteiger partial charge on any atom is -0.493 e. The third-order valence-corrected chi connectivity index (χ3v) is 5.58. The highest BCUT2D eigenvalue weighted by atomic mass is 16.5. The van der Waals surface area contributed by atoms with E-state index in [2.05, 4.69) is 23.2 Å². The Morgan fingerprint density at radius 2 is 1.94 bits per heavy atom. The highest BCUT2D eigenvalue weighted by Gasteiger charge is 2.14. The first kappa shape index (κ1) is 20.9. The SMILES string of the molecule is CCOc1ccccc1C=CC(=O)Nc1ccc2nc(N3CCCCC3)cc(C)c2c1. The van der Waals surface area contributed by atoms with Crippen molar-refractivity contribution in [3.8, 4) is 5.75 Å². The van der Waals surface area contributed by atoms with Crippen molar-refractivity contribution >= 4 is 34.4 Å². The van der Waals surface area contributed by atoms with Gasteiger partial charge in [0.2, 0.25) is 5.91 Å². The Hall–Kier alpha value is -3.34. The number of pyridine rings is 1. The highest BCUT2D eigenvalue weighted by Crippen LogP contribution is 2.27. The second-order valence-electron chi connectivity index (χ2n) is 7.87. The number of anilines is 2. The lowest BCUT2D eigenvalue weighted by Gasteiger charge is -2.28. The van der Waals surface area contributed by atoms with Crippen LogP contribution in [0.15, 0.2) is 54.6 Å². The highest BCUT2D eigenvalue weighted by molar-refractivity contribution is 6.03. The van der Waals surface area contributed by atoms with Crippen LogP contribution in [0.5, 0.6) is 5.75 Å². The van der Waals surface area contributed by atoms with Crippen molar-refractivity contribution in [3.63, 3.8) is 0 Å². The molecule has 0 bridgehead atoms. The molecule has 0 unspecified atom stereocenters. The van der Waals surface area contributed by atoms with E-state index in [9.17, 15) is 4.79 Å². The smallest absolute Gasteiger partial charge is 0.248 e. The van der Waals surface area contributed by atoms with Gasteiger partial charge in [-0.25, -0.2) is 4.98 Å². The lowest BCUT2D eigenvalue weighted by Crippen LogP contribution is -2.30. The van der Waals surface area contributed by atoms with E-state index in [1.807, 2.05) is 49.4 Å². The number of nitrogens with zero attached hydrogens (tertiary/aromatic N) is 2. The second kappa shape index (κ2) is 9.65. The Kier molecular flexibility index (Phi) is 6.51. The predicted octanol–water partition coefficient (Wildman–Crippen LogP) is 5.58. The van der Waals surface area contributed by atoms with Crippen molar-refractivity contribution in [2.45, 2.75) is 33.1 Å². The lowest BCUT2D eigenvalue weighted by atomic mass is 10.1. The van der Waals surface area contributed by atoms with Crippen LogP contribution in [0.4, 0.5) is 11.5 Å². The van der Waals surface area contributed by atoms with Crippen molar-refractivity contribution in [1.29, 1.82) is 0 Å². The molecule has 0 radical (unpaired) electrons. The van der Waals surface area contributed by atoms with Crippen molar-refractivity contribution in [1.82, 2.24) is 4.98 Å². The fraction of sp³-hybridized carbons (Fsp3) is 0.308. The van der Waals surface area contributed by atoms with Gasteiger partial charge in [-0.15, -0.1) is 0 Å². The summed E-state index contributed by atoms with van der Waals surface area (Å²) in [5.41, 5.74) is 3.77.